The van der Waals surface area contributed by atoms with E-state index in [1.165, 1.54) is 7.11 Å². The summed E-state index contributed by atoms with van der Waals surface area (Å²) in [6.07, 6.45) is 0.967. The molecule has 1 rings (SSSR count). The maximum atomic E-state index is 11.8. The molecule has 0 aromatic heterocycles. The zero-order valence-corrected chi connectivity index (χ0v) is 10.4. The molecule has 1 amide bonds. The third-order valence-corrected chi connectivity index (χ3v) is 3.35. The first kappa shape index (κ1) is 13.0. The summed E-state index contributed by atoms with van der Waals surface area (Å²) >= 11 is 0. The highest BCUT2D eigenvalue weighted by molar-refractivity contribution is 5.86. The monoisotopic (exact) mass is 228 g/mol. The van der Waals surface area contributed by atoms with Gasteiger partial charge in [-0.05, 0) is 27.3 Å². The summed E-state index contributed by atoms with van der Waals surface area (Å²) in [5.41, 5.74) is -0.0994. The number of amides is 1. The molecule has 92 valence electrons. The molecule has 16 heavy (non-hydrogen) atoms. The van der Waals surface area contributed by atoms with Crippen LogP contribution in [0.5, 0.6) is 0 Å². The number of carbonyl (C=O) groups excluding carboxylic acids is 2. The zero-order chi connectivity index (χ0) is 12.3. The van der Waals surface area contributed by atoms with Crippen LogP contribution in [-0.4, -0.2) is 49.1 Å². The molecule has 1 atom stereocenters. The van der Waals surface area contributed by atoms with Gasteiger partial charge in [0.25, 0.3) is 0 Å². The number of hydrogen-bond donors (Lipinski definition) is 1. The predicted molar refractivity (Wildman–Crippen MR) is 59.9 cm³/mol. The highest BCUT2D eigenvalue weighted by atomic mass is 16.5. The average Bonchev–Trinajstić information content (AvgIpc) is 2.31. The predicted octanol–water partition coefficient (Wildman–Crippen LogP) is 0.148. The normalized spacial score (nSPS) is 25.8. The van der Waals surface area contributed by atoms with Crippen molar-refractivity contribution in [3.05, 3.63) is 0 Å². The van der Waals surface area contributed by atoms with Gasteiger partial charge < -0.3 is 10.1 Å². The lowest BCUT2D eigenvalue weighted by Crippen LogP contribution is -2.51. The van der Waals surface area contributed by atoms with Crippen LogP contribution in [0, 0.1) is 0 Å². The molecule has 0 aromatic rings. The molecule has 0 aromatic carbocycles. The maximum Gasteiger partial charge on any atom is 0.307 e. The smallest absolute Gasteiger partial charge is 0.307 e. The minimum Gasteiger partial charge on any atom is -0.469 e. The topological polar surface area (TPSA) is 58.6 Å². The largest absolute Gasteiger partial charge is 0.469 e. The first-order valence-electron chi connectivity index (χ1n) is 5.46. The van der Waals surface area contributed by atoms with Crippen LogP contribution in [0.25, 0.3) is 0 Å². The fraction of sp³-hybridized carbons (Fsp3) is 0.818. The second-order valence-corrected chi connectivity index (χ2v) is 4.76. The van der Waals surface area contributed by atoms with E-state index in [0.29, 0.717) is 6.54 Å². The fourth-order valence-electron chi connectivity index (χ4n) is 1.85. The van der Waals surface area contributed by atoms with Crippen LogP contribution in [0.15, 0.2) is 0 Å². The standard InChI is InChI=1S/C11H20N2O3/c1-11(2)5-6-12-10(15)8(13(11)3)7-9(14)16-4/h8H,5-7H2,1-4H3,(H,12,15). The number of esters is 1. The van der Waals surface area contributed by atoms with Crippen LogP contribution in [-0.2, 0) is 14.3 Å². The number of methoxy groups -OCH3 is 1. The van der Waals surface area contributed by atoms with Gasteiger partial charge in [0.2, 0.25) is 5.91 Å². The third-order valence-electron chi connectivity index (χ3n) is 3.35. The summed E-state index contributed by atoms with van der Waals surface area (Å²) in [7, 11) is 3.21. The lowest BCUT2D eigenvalue weighted by molar-refractivity contribution is -0.145. The van der Waals surface area contributed by atoms with Gasteiger partial charge in [-0.3, -0.25) is 14.5 Å². The number of nitrogens with zero attached hydrogens (tertiary/aromatic N) is 1. The summed E-state index contributed by atoms with van der Waals surface area (Å²) in [5, 5.41) is 2.82. The number of ether oxygens (including phenoxy) is 1. The summed E-state index contributed by atoms with van der Waals surface area (Å²) in [4.78, 5) is 25.0. The van der Waals surface area contributed by atoms with E-state index in [4.69, 9.17) is 0 Å². The molecule has 0 bridgehead atoms. The first-order chi connectivity index (χ1) is 7.38. The van der Waals surface area contributed by atoms with E-state index < -0.39 is 6.04 Å². The zero-order valence-electron chi connectivity index (χ0n) is 10.4. The van der Waals surface area contributed by atoms with E-state index >= 15 is 0 Å². The Kier molecular flexibility index (Phi) is 3.91. The molecule has 0 radical (unpaired) electrons. The molecule has 1 fully saturated rings. The van der Waals surface area contributed by atoms with E-state index in [1.54, 1.807) is 0 Å². The van der Waals surface area contributed by atoms with Crippen LogP contribution in [0.1, 0.15) is 26.7 Å². The van der Waals surface area contributed by atoms with Gasteiger partial charge in [-0.1, -0.05) is 0 Å². The number of carbonyl (C=O) groups is 2. The van der Waals surface area contributed by atoms with Crippen LogP contribution in [0.3, 0.4) is 0 Å². The minimum absolute atomic E-state index is 0.0986. The van der Waals surface area contributed by atoms with Gasteiger partial charge in [0, 0.05) is 12.1 Å². The van der Waals surface area contributed by atoms with Crippen molar-refractivity contribution in [3.8, 4) is 0 Å². The van der Waals surface area contributed by atoms with Gasteiger partial charge in [-0.15, -0.1) is 0 Å². The molecule has 5 nitrogen and oxygen atoms in total. The molecule has 0 aliphatic carbocycles. The van der Waals surface area contributed by atoms with Crippen molar-refractivity contribution in [2.75, 3.05) is 20.7 Å². The molecule has 1 unspecified atom stereocenters. The van der Waals surface area contributed by atoms with Crippen molar-refractivity contribution in [2.24, 2.45) is 0 Å². The first-order valence-corrected chi connectivity index (χ1v) is 5.46. The highest BCUT2D eigenvalue weighted by Gasteiger charge is 2.37. The lowest BCUT2D eigenvalue weighted by Gasteiger charge is -2.37. The van der Waals surface area contributed by atoms with Gasteiger partial charge in [0.1, 0.15) is 0 Å². The molecule has 1 N–H and O–H groups in total. The van der Waals surface area contributed by atoms with Crippen molar-refractivity contribution in [1.82, 2.24) is 10.2 Å². The Morgan fingerprint density at radius 1 is 1.62 bits per heavy atom. The highest BCUT2D eigenvalue weighted by Crippen LogP contribution is 2.23. The molecule has 1 heterocycles. The Balaban J connectivity index is 2.83. The van der Waals surface area contributed by atoms with Crippen LogP contribution in [0.4, 0.5) is 0 Å². The Morgan fingerprint density at radius 3 is 2.81 bits per heavy atom. The Bertz CT molecular complexity index is 289. The Morgan fingerprint density at radius 2 is 2.25 bits per heavy atom. The van der Waals surface area contributed by atoms with E-state index in [0.717, 1.165) is 6.42 Å². The van der Waals surface area contributed by atoms with Gasteiger partial charge in [0.15, 0.2) is 0 Å². The van der Waals surface area contributed by atoms with E-state index in [-0.39, 0.29) is 23.8 Å². The van der Waals surface area contributed by atoms with Gasteiger partial charge >= 0.3 is 5.97 Å². The van der Waals surface area contributed by atoms with Gasteiger partial charge in [0.05, 0.1) is 19.6 Å². The molecule has 1 aliphatic heterocycles. The van der Waals surface area contributed by atoms with Crippen LogP contribution in [0.2, 0.25) is 0 Å². The minimum atomic E-state index is -0.440. The third kappa shape index (κ3) is 2.72. The van der Waals surface area contributed by atoms with E-state index in [9.17, 15) is 9.59 Å². The van der Waals surface area contributed by atoms with E-state index in [1.807, 2.05) is 11.9 Å². The lowest BCUT2D eigenvalue weighted by atomic mass is 9.97. The number of rotatable bonds is 2. The average molecular weight is 228 g/mol. The molecule has 0 saturated carbocycles. The van der Waals surface area contributed by atoms with Gasteiger partial charge in [-0.2, -0.15) is 0 Å². The molecular formula is C11H20N2O3. The fourth-order valence-corrected chi connectivity index (χ4v) is 1.85. The molecule has 1 aliphatic rings. The number of hydrogen-bond acceptors (Lipinski definition) is 4. The quantitative estimate of drug-likeness (QED) is 0.683. The molecule has 5 heteroatoms. The SMILES string of the molecule is COC(=O)CC1C(=O)NCCC(C)(C)N1C. The number of nitrogens with one attached hydrogen (secondary N) is 1. The summed E-state index contributed by atoms with van der Waals surface area (Å²) in [6.45, 7) is 4.78. The second-order valence-electron chi connectivity index (χ2n) is 4.76. The van der Waals surface area contributed by atoms with E-state index in [2.05, 4.69) is 23.9 Å². The maximum absolute atomic E-state index is 11.8. The molecule has 0 spiro atoms. The van der Waals surface area contributed by atoms with Crippen molar-refractivity contribution in [1.29, 1.82) is 0 Å². The van der Waals surface area contributed by atoms with Crippen molar-refractivity contribution >= 4 is 11.9 Å². The Labute approximate surface area is 96.1 Å². The van der Waals surface area contributed by atoms with Gasteiger partial charge in [-0.25, -0.2) is 0 Å². The van der Waals surface area contributed by atoms with Crippen molar-refractivity contribution < 1.29 is 14.3 Å². The second kappa shape index (κ2) is 4.82. The van der Waals surface area contributed by atoms with Crippen LogP contribution < -0.4 is 5.32 Å². The van der Waals surface area contributed by atoms with Crippen LogP contribution >= 0.6 is 0 Å². The van der Waals surface area contributed by atoms with Crippen molar-refractivity contribution in [2.45, 2.75) is 38.3 Å². The Hall–Kier alpha value is -1.10. The summed E-state index contributed by atoms with van der Waals surface area (Å²) in [5.74, 6) is -0.455. The molecule has 1 saturated heterocycles. The number of likely N-dealkylation sites (N-methyl/N-ethyl adjacent to an activating group) is 1. The summed E-state index contributed by atoms with van der Waals surface area (Å²) in [6, 6.07) is -0.440. The van der Waals surface area contributed by atoms with Crippen molar-refractivity contribution in [3.63, 3.8) is 0 Å². The molecular weight excluding hydrogens is 208 g/mol. The summed E-state index contributed by atoms with van der Waals surface area (Å²) < 4.78 is 4.61.